The van der Waals surface area contributed by atoms with E-state index in [9.17, 15) is 0 Å². The summed E-state index contributed by atoms with van der Waals surface area (Å²) in [6, 6.07) is 11.4. The molecule has 1 unspecified atom stereocenters. The minimum atomic E-state index is -0.180. The molecule has 0 aliphatic carbocycles. The highest BCUT2D eigenvalue weighted by molar-refractivity contribution is 6.36. The second-order valence-corrected chi connectivity index (χ2v) is 5.76. The van der Waals surface area contributed by atoms with Crippen LogP contribution in [0.3, 0.4) is 0 Å². The van der Waals surface area contributed by atoms with Gasteiger partial charge in [-0.1, -0.05) is 47.5 Å². The Morgan fingerprint density at radius 2 is 1.80 bits per heavy atom. The van der Waals surface area contributed by atoms with Gasteiger partial charge in [0.15, 0.2) is 0 Å². The van der Waals surface area contributed by atoms with E-state index in [1.165, 1.54) is 5.56 Å². The van der Waals surface area contributed by atoms with Gasteiger partial charge >= 0.3 is 0 Å². The fraction of sp³-hybridized carbons (Fsp3) is 0.250. The van der Waals surface area contributed by atoms with Crippen LogP contribution in [0, 0.1) is 0 Å². The lowest BCUT2D eigenvalue weighted by atomic mass is 9.97. The van der Waals surface area contributed by atoms with E-state index in [0.717, 1.165) is 29.9 Å². The molecule has 2 nitrogen and oxygen atoms in total. The summed E-state index contributed by atoms with van der Waals surface area (Å²) in [4.78, 5) is 0. The maximum atomic E-state index is 6.34. The number of rotatable bonds is 3. The molecule has 0 bridgehead atoms. The molecular formula is C16H15Cl2NO. The second-order valence-electron chi connectivity index (χ2n) is 4.94. The largest absolute Gasteiger partial charge is 0.493 e. The van der Waals surface area contributed by atoms with Crippen LogP contribution in [0.1, 0.15) is 22.7 Å². The molecule has 1 atom stereocenters. The van der Waals surface area contributed by atoms with Gasteiger partial charge in [-0.25, -0.2) is 0 Å². The summed E-state index contributed by atoms with van der Waals surface area (Å²) in [7, 11) is 0. The molecule has 0 saturated carbocycles. The van der Waals surface area contributed by atoms with E-state index < -0.39 is 0 Å². The summed E-state index contributed by atoms with van der Waals surface area (Å²) in [5.41, 5.74) is 9.48. The Morgan fingerprint density at radius 1 is 1.10 bits per heavy atom. The molecule has 0 fully saturated rings. The van der Waals surface area contributed by atoms with Crippen LogP contribution in [-0.4, -0.2) is 6.61 Å². The molecule has 20 heavy (non-hydrogen) atoms. The molecule has 1 aliphatic rings. The fourth-order valence-corrected chi connectivity index (χ4v) is 3.14. The molecule has 1 heterocycles. The van der Waals surface area contributed by atoms with Gasteiger partial charge in [-0.3, -0.25) is 0 Å². The maximum Gasteiger partial charge on any atom is 0.127 e. The molecule has 104 valence electrons. The van der Waals surface area contributed by atoms with Gasteiger partial charge in [0, 0.05) is 28.1 Å². The highest BCUT2D eigenvalue weighted by Gasteiger charge is 2.21. The Hall–Kier alpha value is -1.22. The molecule has 2 aromatic rings. The second kappa shape index (κ2) is 5.65. The number of fused-ring (bicyclic) bond motifs is 1. The smallest absolute Gasteiger partial charge is 0.127 e. The quantitative estimate of drug-likeness (QED) is 0.923. The zero-order valence-electron chi connectivity index (χ0n) is 10.9. The van der Waals surface area contributed by atoms with E-state index in [1.54, 1.807) is 0 Å². The van der Waals surface area contributed by atoms with Crippen LogP contribution in [0.5, 0.6) is 5.75 Å². The molecule has 0 amide bonds. The summed E-state index contributed by atoms with van der Waals surface area (Å²) < 4.78 is 5.70. The highest BCUT2D eigenvalue weighted by atomic mass is 35.5. The van der Waals surface area contributed by atoms with Crippen molar-refractivity contribution in [3.05, 3.63) is 63.1 Å². The number of hydrogen-bond donors (Lipinski definition) is 1. The van der Waals surface area contributed by atoms with Crippen molar-refractivity contribution in [1.29, 1.82) is 0 Å². The van der Waals surface area contributed by atoms with E-state index in [4.69, 9.17) is 33.7 Å². The van der Waals surface area contributed by atoms with Crippen LogP contribution in [-0.2, 0) is 12.8 Å². The highest BCUT2D eigenvalue weighted by Crippen LogP contribution is 2.35. The number of ether oxygens (including phenoxy) is 1. The molecular weight excluding hydrogens is 293 g/mol. The standard InChI is InChI=1S/C16H15Cl2NO/c17-13-5-2-6-14(18)12(13)9-15(19)11-4-1-3-10-7-8-20-16(10)11/h1-6,15H,7-9,19H2. The minimum absolute atomic E-state index is 0.180. The van der Waals surface area contributed by atoms with Gasteiger partial charge in [-0.15, -0.1) is 0 Å². The Kier molecular flexibility index (Phi) is 3.88. The van der Waals surface area contributed by atoms with Crippen molar-refractivity contribution in [3.8, 4) is 5.75 Å². The monoisotopic (exact) mass is 307 g/mol. The predicted octanol–water partition coefficient (Wildman–Crippen LogP) is 4.17. The van der Waals surface area contributed by atoms with Gasteiger partial charge in [0.25, 0.3) is 0 Å². The van der Waals surface area contributed by atoms with E-state index >= 15 is 0 Å². The zero-order chi connectivity index (χ0) is 14.1. The molecule has 0 spiro atoms. The first-order valence-electron chi connectivity index (χ1n) is 6.60. The van der Waals surface area contributed by atoms with Crippen molar-refractivity contribution < 1.29 is 4.74 Å². The third-order valence-electron chi connectivity index (χ3n) is 3.63. The van der Waals surface area contributed by atoms with Gasteiger partial charge in [-0.05, 0) is 29.7 Å². The average molecular weight is 308 g/mol. The van der Waals surface area contributed by atoms with Gasteiger partial charge in [0.1, 0.15) is 5.75 Å². The van der Waals surface area contributed by atoms with Crippen LogP contribution < -0.4 is 10.5 Å². The molecule has 0 saturated heterocycles. The lowest BCUT2D eigenvalue weighted by Gasteiger charge is -2.17. The average Bonchev–Trinajstić information content (AvgIpc) is 2.91. The normalized spacial score (nSPS) is 14.8. The summed E-state index contributed by atoms with van der Waals surface area (Å²) in [5.74, 6) is 0.933. The Bertz CT molecular complexity index is 622. The number of hydrogen-bond acceptors (Lipinski definition) is 2. The molecule has 3 rings (SSSR count). The van der Waals surface area contributed by atoms with Crippen LogP contribution in [0.25, 0.3) is 0 Å². The Labute approximate surface area is 128 Å². The molecule has 2 aromatic carbocycles. The van der Waals surface area contributed by atoms with E-state index in [-0.39, 0.29) is 6.04 Å². The van der Waals surface area contributed by atoms with Crippen molar-refractivity contribution in [1.82, 2.24) is 0 Å². The number of halogens is 2. The summed E-state index contributed by atoms with van der Waals surface area (Å²) in [6.07, 6.45) is 1.54. The van der Waals surface area contributed by atoms with Crippen LogP contribution >= 0.6 is 23.2 Å². The van der Waals surface area contributed by atoms with Crippen LogP contribution in [0.2, 0.25) is 10.0 Å². The van der Waals surface area contributed by atoms with Gasteiger partial charge in [0.2, 0.25) is 0 Å². The Balaban J connectivity index is 1.91. The number of benzene rings is 2. The third kappa shape index (κ3) is 2.51. The summed E-state index contributed by atoms with van der Waals surface area (Å²) in [5, 5.41) is 1.31. The molecule has 4 heteroatoms. The van der Waals surface area contributed by atoms with Crippen molar-refractivity contribution in [3.63, 3.8) is 0 Å². The first-order chi connectivity index (χ1) is 9.66. The summed E-state index contributed by atoms with van der Waals surface area (Å²) >= 11 is 12.4. The van der Waals surface area contributed by atoms with Gasteiger partial charge in [0.05, 0.1) is 6.61 Å². The maximum absolute atomic E-state index is 6.34. The fourth-order valence-electron chi connectivity index (χ4n) is 2.59. The van der Waals surface area contributed by atoms with Crippen LogP contribution in [0.15, 0.2) is 36.4 Å². The molecule has 0 radical (unpaired) electrons. The van der Waals surface area contributed by atoms with Crippen molar-refractivity contribution >= 4 is 23.2 Å². The summed E-state index contributed by atoms with van der Waals surface area (Å²) in [6.45, 7) is 0.728. The van der Waals surface area contributed by atoms with Crippen molar-refractivity contribution in [2.75, 3.05) is 6.61 Å². The molecule has 1 aliphatic heterocycles. The van der Waals surface area contributed by atoms with Crippen molar-refractivity contribution in [2.45, 2.75) is 18.9 Å². The lowest BCUT2D eigenvalue weighted by Crippen LogP contribution is -2.15. The van der Waals surface area contributed by atoms with E-state index in [0.29, 0.717) is 16.5 Å². The zero-order valence-corrected chi connectivity index (χ0v) is 12.4. The van der Waals surface area contributed by atoms with Gasteiger partial charge in [-0.2, -0.15) is 0 Å². The number of para-hydroxylation sites is 1. The Morgan fingerprint density at radius 3 is 2.55 bits per heavy atom. The predicted molar refractivity (Wildman–Crippen MR) is 82.7 cm³/mol. The molecule has 2 N–H and O–H groups in total. The number of nitrogens with two attached hydrogens (primary N) is 1. The third-order valence-corrected chi connectivity index (χ3v) is 4.34. The van der Waals surface area contributed by atoms with E-state index in [1.807, 2.05) is 30.3 Å². The SMILES string of the molecule is NC(Cc1c(Cl)cccc1Cl)c1cccc2c1OCC2. The van der Waals surface area contributed by atoms with Crippen molar-refractivity contribution in [2.24, 2.45) is 5.73 Å². The van der Waals surface area contributed by atoms with Gasteiger partial charge < -0.3 is 10.5 Å². The molecule has 0 aromatic heterocycles. The minimum Gasteiger partial charge on any atom is -0.493 e. The van der Waals surface area contributed by atoms with E-state index in [2.05, 4.69) is 6.07 Å². The lowest BCUT2D eigenvalue weighted by molar-refractivity contribution is 0.351. The topological polar surface area (TPSA) is 35.2 Å². The van der Waals surface area contributed by atoms with Crippen LogP contribution in [0.4, 0.5) is 0 Å². The first-order valence-corrected chi connectivity index (χ1v) is 7.35. The first kappa shape index (κ1) is 13.7.